The Morgan fingerprint density at radius 2 is 2.20 bits per heavy atom. The lowest BCUT2D eigenvalue weighted by molar-refractivity contribution is -0.132. The molecule has 10 heavy (non-hydrogen) atoms. The summed E-state index contributed by atoms with van der Waals surface area (Å²) in [5.74, 6) is -0.382. The summed E-state index contributed by atoms with van der Waals surface area (Å²) in [4.78, 5) is 10.5. The van der Waals surface area contributed by atoms with Gasteiger partial charge >= 0.3 is 0 Å². The van der Waals surface area contributed by atoms with Crippen molar-refractivity contribution in [3.63, 3.8) is 0 Å². The summed E-state index contributed by atoms with van der Waals surface area (Å²) in [5.41, 5.74) is 10.5. The van der Waals surface area contributed by atoms with E-state index in [2.05, 4.69) is 0 Å². The molecule has 58 valence electrons. The molecule has 1 aliphatic heterocycles. The third kappa shape index (κ3) is 1.68. The van der Waals surface area contributed by atoms with Crippen LogP contribution in [0.15, 0.2) is 0 Å². The van der Waals surface area contributed by atoms with Gasteiger partial charge in [0.25, 0.3) is 0 Å². The minimum atomic E-state index is -0.403. The molecule has 2 atom stereocenters. The fourth-order valence-corrected chi connectivity index (χ4v) is 0.996. The van der Waals surface area contributed by atoms with E-state index >= 15 is 0 Å². The lowest BCUT2D eigenvalue weighted by Crippen LogP contribution is -2.41. The van der Waals surface area contributed by atoms with Crippen LogP contribution in [0.5, 0.6) is 0 Å². The van der Waals surface area contributed by atoms with Gasteiger partial charge in [-0.3, -0.25) is 4.79 Å². The summed E-state index contributed by atoms with van der Waals surface area (Å²) in [5, 5.41) is 0. The lowest BCUT2D eigenvalue weighted by Gasteiger charge is -2.24. The number of primary amides is 1. The molecule has 0 aromatic carbocycles. The summed E-state index contributed by atoms with van der Waals surface area (Å²) < 4.78 is 5.05. The fraction of sp³-hybridized carbons (Fsp3) is 0.833. The van der Waals surface area contributed by atoms with Crippen molar-refractivity contribution >= 4 is 5.91 Å². The van der Waals surface area contributed by atoms with Crippen molar-refractivity contribution in [1.29, 1.82) is 0 Å². The van der Waals surface area contributed by atoms with Crippen LogP contribution in [0, 0.1) is 0 Å². The third-order valence-corrected chi connectivity index (χ3v) is 1.63. The van der Waals surface area contributed by atoms with Crippen molar-refractivity contribution < 1.29 is 9.53 Å². The second-order valence-electron chi connectivity index (χ2n) is 2.56. The van der Waals surface area contributed by atoms with Crippen molar-refractivity contribution in [3.05, 3.63) is 0 Å². The molecule has 0 unspecified atom stereocenters. The topological polar surface area (TPSA) is 78.3 Å². The highest BCUT2D eigenvalue weighted by Crippen LogP contribution is 2.10. The number of carbonyl (C=O) groups excluding carboxylic acids is 1. The van der Waals surface area contributed by atoms with E-state index in [0.717, 1.165) is 6.42 Å². The van der Waals surface area contributed by atoms with Crippen LogP contribution in [0.2, 0.25) is 0 Å². The first-order valence-electron chi connectivity index (χ1n) is 3.36. The molecule has 0 aromatic heterocycles. The number of hydrogen-bond acceptors (Lipinski definition) is 3. The van der Waals surface area contributed by atoms with E-state index in [-0.39, 0.29) is 11.9 Å². The van der Waals surface area contributed by atoms with Crippen molar-refractivity contribution in [1.82, 2.24) is 0 Å². The van der Waals surface area contributed by atoms with E-state index in [9.17, 15) is 4.79 Å². The number of carbonyl (C=O) groups is 1. The highest BCUT2D eigenvalue weighted by Gasteiger charge is 2.22. The lowest BCUT2D eigenvalue weighted by atomic mass is 10.1. The van der Waals surface area contributed by atoms with Crippen molar-refractivity contribution in [2.75, 3.05) is 6.61 Å². The fourth-order valence-electron chi connectivity index (χ4n) is 0.996. The van der Waals surface area contributed by atoms with Crippen LogP contribution in [0.1, 0.15) is 12.8 Å². The van der Waals surface area contributed by atoms with Gasteiger partial charge in [0, 0.05) is 6.04 Å². The monoisotopic (exact) mass is 144 g/mol. The van der Waals surface area contributed by atoms with E-state index in [0.29, 0.717) is 13.0 Å². The minimum Gasteiger partial charge on any atom is -0.367 e. The smallest absolute Gasteiger partial charge is 0.246 e. The van der Waals surface area contributed by atoms with E-state index in [1.165, 1.54) is 0 Å². The molecular formula is C6H12N2O2. The maximum absolute atomic E-state index is 10.5. The molecule has 0 aromatic rings. The van der Waals surface area contributed by atoms with Crippen LogP contribution in [0.25, 0.3) is 0 Å². The van der Waals surface area contributed by atoms with Gasteiger partial charge in [-0.25, -0.2) is 0 Å². The zero-order valence-corrected chi connectivity index (χ0v) is 5.75. The first-order valence-corrected chi connectivity index (χ1v) is 3.36. The number of nitrogens with two attached hydrogens (primary N) is 2. The molecule has 1 rings (SSSR count). The van der Waals surface area contributed by atoms with Gasteiger partial charge in [-0.05, 0) is 12.8 Å². The van der Waals surface area contributed by atoms with Crippen molar-refractivity contribution in [2.24, 2.45) is 11.5 Å². The number of ether oxygens (including phenoxy) is 1. The van der Waals surface area contributed by atoms with Crippen LogP contribution in [-0.4, -0.2) is 24.7 Å². The third-order valence-electron chi connectivity index (χ3n) is 1.63. The van der Waals surface area contributed by atoms with Crippen molar-refractivity contribution in [3.8, 4) is 0 Å². The Morgan fingerprint density at radius 3 is 2.60 bits per heavy atom. The maximum atomic E-state index is 10.5. The molecule has 0 bridgehead atoms. The van der Waals surface area contributed by atoms with Gasteiger partial charge in [0.05, 0.1) is 6.61 Å². The summed E-state index contributed by atoms with van der Waals surface area (Å²) >= 11 is 0. The first kappa shape index (κ1) is 7.50. The molecule has 0 saturated carbocycles. The standard InChI is InChI=1S/C6H12N2O2/c7-4-1-2-5(6(8)9)10-3-4/h4-5H,1-3,7H2,(H2,8,9)/t4-,5+/m1/s1. The van der Waals surface area contributed by atoms with Gasteiger partial charge in [-0.1, -0.05) is 0 Å². The van der Waals surface area contributed by atoms with Gasteiger partial charge in [0.2, 0.25) is 5.91 Å². The Kier molecular flexibility index (Phi) is 2.24. The molecule has 1 heterocycles. The molecule has 0 radical (unpaired) electrons. The predicted octanol–water partition coefficient (Wildman–Crippen LogP) is -1.02. The van der Waals surface area contributed by atoms with Gasteiger partial charge < -0.3 is 16.2 Å². The molecule has 4 heteroatoms. The molecule has 1 amide bonds. The number of hydrogen-bond donors (Lipinski definition) is 2. The largest absolute Gasteiger partial charge is 0.367 e. The summed E-state index contributed by atoms with van der Waals surface area (Å²) in [7, 11) is 0. The zero-order valence-electron chi connectivity index (χ0n) is 5.75. The molecule has 1 fully saturated rings. The highest BCUT2D eigenvalue weighted by atomic mass is 16.5. The van der Waals surface area contributed by atoms with Crippen molar-refractivity contribution in [2.45, 2.75) is 25.0 Å². The Morgan fingerprint density at radius 1 is 1.50 bits per heavy atom. The van der Waals surface area contributed by atoms with E-state index in [1.54, 1.807) is 0 Å². The average molecular weight is 144 g/mol. The minimum absolute atomic E-state index is 0.0793. The van der Waals surface area contributed by atoms with Crippen LogP contribution in [0.3, 0.4) is 0 Å². The maximum Gasteiger partial charge on any atom is 0.246 e. The van der Waals surface area contributed by atoms with E-state index in [1.807, 2.05) is 0 Å². The molecule has 4 nitrogen and oxygen atoms in total. The number of amides is 1. The highest BCUT2D eigenvalue weighted by molar-refractivity contribution is 5.78. The van der Waals surface area contributed by atoms with Crippen LogP contribution in [-0.2, 0) is 9.53 Å². The van der Waals surface area contributed by atoms with Crippen LogP contribution in [0.4, 0.5) is 0 Å². The second kappa shape index (κ2) is 2.98. The Hall–Kier alpha value is -0.610. The average Bonchev–Trinajstić information content (AvgIpc) is 1.88. The van der Waals surface area contributed by atoms with Gasteiger partial charge in [0.15, 0.2) is 0 Å². The van der Waals surface area contributed by atoms with E-state index in [4.69, 9.17) is 16.2 Å². The Labute approximate surface area is 59.5 Å². The first-order chi connectivity index (χ1) is 4.70. The SMILES string of the molecule is NC(=O)[C@@H]1CC[C@@H](N)CO1. The normalized spacial score (nSPS) is 33.7. The summed E-state index contributed by atoms with van der Waals surface area (Å²) in [6, 6.07) is 0.0793. The Bertz CT molecular complexity index is 130. The molecular weight excluding hydrogens is 132 g/mol. The van der Waals surface area contributed by atoms with E-state index < -0.39 is 6.10 Å². The second-order valence-corrected chi connectivity index (χ2v) is 2.56. The van der Waals surface area contributed by atoms with Gasteiger partial charge in [0.1, 0.15) is 6.10 Å². The number of rotatable bonds is 1. The molecule has 1 saturated heterocycles. The predicted molar refractivity (Wildman–Crippen MR) is 36.1 cm³/mol. The summed E-state index contributed by atoms with van der Waals surface area (Å²) in [6.45, 7) is 0.452. The quantitative estimate of drug-likeness (QED) is 0.494. The summed E-state index contributed by atoms with van der Waals surface area (Å²) in [6.07, 6.45) is 1.09. The zero-order chi connectivity index (χ0) is 7.56. The van der Waals surface area contributed by atoms with Crippen LogP contribution < -0.4 is 11.5 Å². The molecule has 0 spiro atoms. The molecule has 1 aliphatic rings. The van der Waals surface area contributed by atoms with Crippen LogP contribution >= 0.6 is 0 Å². The molecule has 4 N–H and O–H groups in total. The van der Waals surface area contributed by atoms with Gasteiger partial charge in [-0.2, -0.15) is 0 Å². The Balaban J connectivity index is 2.33. The molecule has 0 aliphatic carbocycles. The van der Waals surface area contributed by atoms with Gasteiger partial charge in [-0.15, -0.1) is 0 Å².